The number of carbonyl (C=O) groups excluding carboxylic acids is 1. The van der Waals surface area contributed by atoms with Gasteiger partial charge in [0.05, 0.1) is 12.7 Å². The van der Waals surface area contributed by atoms with Gasteiger partial charge in [-0.05, 0) is 28.1 Å². The molecule has 2 nitrogen and oxygen atoms in total. The SMILES string of the molecule is COc1cccc(Br)c1C=O. The lowest BCUT2D eigenvalue weighted by atomic mass is 10.2. The summed E-state index contributed by atoms with van der Waals surface area (Å²) in [6.07, 6.45) is 0.767. The Morgan fingerprint density at radius 2 is 2.27 bits per heavy atom. The van der Waals surface area contributed by atoms with E-state index in [4.69, 9.17) is 4.74 Å². The molecule has 1 aromatic carbocycles. The van der Waals surface area contributed by atoms with Gasteiger partial charge in [-0.15, -0.1) is 0 Å². The highest BCUT2D eigenvalue weighted by Gasteiger charge is 2.03. The van der Waals surface area contributed by atoms with Crippen molar-refractivity contribution in [2.24, 2.45) is 0 Å². The van der Waals surface area contributed by atoms with Crippen LogP contribution in [0, 0.1) is 0 Å². The van der Waals surface area contributed by atoms with Gasteiger partial charge in [0, 0.05) is 4.47 Å². The fraction of sp³-hybridized carbons (Fsp3) is 0.125. The molecule has 1 aromatic rings. The molecule has 0 saturated carbocycles. The van der Waals surface area contributed by atoms with E-state index in [9.17, 15) is 4.79 Å². The summed E-state index contributed by atoms with van der Waals surface area (Å²) < 4.78 is 5.71. The summed E-state index contributed by atoms with van der Waals surface area (Å²) in [5, 5.41) is 0. The van der Waals surface area contributed by atoms with Crippen LogP contribution in [-0.4, -0.2) is 13.4 Å². The molecule has 0 radical (unpaired) electrons. The molecule has 11 heavy (non-hydrogen) atoms. The van der Waals surface area contributed by atoms with E-state index in [0.29, 0.717) is 11.3 Å². The van der Waals surface area contributed by atoms with Crippen molar-refractivity contribution in [1.82, 2.24) is 0 Å². The molecule has 0 aromatic heterocycles. The van der Waals surface area contributed by atoms with Crippen molar-refractivity contribution in [2.75, 3.05) is 7.11 Å². The standard InChI is InChI=1S/C8H7BrO2/c1-11-8-4-2-3-7(9)6(8)5-10/h2-5H,1H3. The number of ether oxygens (including phenoxy) is 1. The van der Waals surface area contributed by atoms with E-state index in [1.165, 1.54) is 7.11 Å². The molecule has 0 aliphatic carbocycles. The monoisotopic (exact) mass is 214 g/mol. The molecule has 0 amide bonds. The van der Waals surface area contributed by atoms with E-state index < -0.39 is 0 Å². The number of carbonyl (C=O) groups is 1. The zero-order valence-corrected chi connectivity index (χ0v) is 7.59. The van der Waals surface area contributed by atoms with Gasteiger partial charge in [0.2, 0.25) is 0 Å². The average molecular weight is 215 g/mol. The zero-order valence-electron chi connectivity index (χ0n) is 6.00. The Hall–Kier alpha value is -0.830. The zero-order chi connectivity index (χ0) is 8.27. The Morgan fingerprint density at radius 1 is 1.55 bits per heavy atom. The Labute approximate surface area is 73.3 Å². The van der Waals surface area contributed by atoms with Crippen LogP contribution in [0.4, 0.5) is 0 Å². The van der Waals surface area contributed by atoms with Gasteiger partial charge in [0.1, 0.15) is 5.75 Å². The fourth-order valence-corrected chi connectivity index (χ4v) is 1.25. The van der Waals surface area contributed by atoms with Crippen molar-refractivity contribution in [2.45, 2.75) is 0 Å². The number of hydrogen-bond acceptors (Lipinski definition) is 2. The van der Waals surface area contributed by atoms with Gasteiger partial charge in [-0.25, -0.2) is 0 Å². The highest BCUT2D eigenvalue weighted by Crippen LogP contribution is 2.24. The lowest BCUT2D eigenvalue weighted by Gasteiger charge is -2.03. The summed E-state index contributed by atoms with van der Waals surface area (Å²) in [6, 6.07) is 5.36. The molecule has 0 fully saturated rings. The van der Waals surface area contributed by atoms with Gasteiger partial charge in [0.25, 0.3) is 0 Å². The molecule has 0 aliphatic heterocycles. The smallest absolute Gasteiger partial charge is 0.154 e. The van der Waals surface area contributed by atoms with Gasteiger partial charge in [-0.1, -0.05) is 6.07 Å². The first-order valence-corrected chi connectivity index (χ1v) is 3.86. The minimum absolute atomic E-state index is 0.551. The first kappa shape index (κ1) is 8.27. The maximum Gasteiger partial charge on any atom is 0.154 e. The third-order valence-corrected chi connectivity index (χ3v) is 2.04. The quantitative estimate of drug-likeness (QED) is 0.707. The minimum atomic E-state index is 0.551. The van der Waals surface area contributed by atoms with Crippen LogP contribution < -0.4 is 4.74 Å². The van der Waals surface area contributed by atoms with Gasteiger partial charge < -0.3 is 4.74 Å². The number of benzene rings is 1. The molecule has 1 rings (SSSR count). The van der Waals surface area contributed by atoms with Crippen molar-refractivity contribution in [3.8, 4) is 5.75 Å². The lowest BCUT2D eigenvalue weighted by Crippen LogP contribution is -1.90. The molecule has 3 heteroatoms. The van der Waals surface area contributed by atoms with Crippen LogP contribution in [0.1, 0.15) is 10.4 Å². The summed E-state index contributed by atoms with van der Waals surface area (Å²) in [5.41, 5.74) is 0.551. The summed E-state index contributed by atoms with van der Waals surface area (Å²) in [4.78, 5) is 10.5. The van der Waals surface area contributed by atoms with E-state index >= 15 is 0 Å². The molecule has 0 atom stereocenters. The van der Waals surface area contributed by atoms with Gasteiger partial charge in [-0.3, -0.25) is 4.79 Å². The number of rotatable bonds is 2. The Balaban J connectivity index is 3.24. The van der Waals surface area contributed by atoms with Gasteiger partial charge >= 0.3 is 0 Å². The van der Waals surface area contributed by atoms with Gasteiger partial charge in [-0.2, -0.15) is 0 Å². The highest BCUT2D eigenvalue weighted by molar-refractivity contribution is 9.10. The Kier molecular flexibility index (Phi) is 2.65. The number of halogens is 1. The van der Waals surface area contributed by atoms with Crippen LogP contribution in [0.25, 0.3) is 0 Å². The van der Waals surface area contributed by atoms with Crippen molar-refractivity contribution < 1.29 is 9.53 Å². The normalized spacial score (nSPS) is 9.27. The lowest BCUT2D eigenvalue weighted by molar-refractivity contribution is 0.112. The first-order valence-electron chi connectivity index (χ1n) is 3.07. The summed E-state index contributed by atoms with van der Waals surface area (Å²) in [5.74, 6) is 0.592. The van der Waals surface area contributed by atoms with Crippen LogP contribution >= 0.6 is 15.9 Å². The topological polar surface area (TPSA) is 26.3 Å². The van der Waals surface area contributed by atoms with Crippen LogP contribution in [-0.2, 0) is 0 Å². The van der Waals surface area contributed by atoms with Crippen molar-refractivity contribution in [1.29, 1.82) is 0 Å². The molecule has 0 heterocycles. The Bertz CT molecular complexity index is 271. The van der Waals surface area contributed by atoms with Crippen LogP contribution in [0.15, 0.2) is 22.7 Å². The second kappa shape index (κ2) is 3.53. The maximum atomic E-state index is 10.5. The largest absolute Gasteiger partial charge is 0.496 e. The predicted octanol–water partition coefficient (Wildman–Crippen LogP) is 2.27. The third kappa shape index (κ3) is 1.60. The molecule has 0 spiro atoms. The van der Waals surface area contributed by atoms with Gasteiger partial charge in [0.15, 0.2) is 6.29 Å². The second-order valence-electron chi connectivity index (χ2n) is 1.97. The van der Waals surface area contributed by atoms with Crippen LogP contribution in [0.5, 0.6) is 5.75 Å². The molecule has 0 saturated heterocycles. The molecule has 0 unspecified atom stereocenters. The maximum absolute atomic E-state index is 10.5. The summed E-state index contributed by atoms with van der Waals surface area (Å²) >= 11 is 3.24. The van der Waals surface area contributed by atoms with E-state index in [1.807, 2.05) is 6.07 Å². The summed E-state index contributed by atoms with van der Waals surface area (Å²) in [6.45, 7) is 0. The molecular formula is C8H7BrO2. The summed E-state index contributed by atoms with van der Waals surface area (Å²) in [7, 11) is 1.54. The Morgan fingerprint density at radius 3 is 2.73 bits per heavy atom. The fourth-order valence-electron chi connectivity index (χ4n) is 0.810. The van der Waals surface area contributed by atoms with E-state index in [1.54, 1.807) is 12.1 Å². The van der Waals surface area contributed by atoms with E-state index in [2.05, 4.69) is 15.9 Å². The second-order valence-corrected chi connectivity index (χ2v) is 2.83. The predicted molar refractivity (Wildman–Crippen MR) is 46.1 cm³/mol. The van der Waals surface area contributed by atoms with Crippen LogP contribution in [0.3, 0.4) is 0 Å². The van der Waals surface area contributed by atoms with Crippen molar-refractivity contribution >= 4 is 22.2 Å². The van der Waals surface area contributed by atoms with Crippen LogP contribution in [0.2, 0.25) is 0 Å². The highest BCUT2D eigenvalue weighted by atomic mass is 79.9. The minimum Gasteiger partial charge on any atom is -0.496 e. The molecule has 0 bridgehead atoms. The number of methoxy groups -OCH3 is 1. The van der Waals surface area contributed by atoms with Crippen molar-refractivity contribution in [3.05, 3.63) is 28.2 Å². The number of aldehydes is 1. The molecule has 0 aliphatic rings. The first-order chi connectivity index (χ1) is 5.29. The number of hydrogen-bond donors (Lipinski definition) is 0. The molecule has 58 valence electrons. The van der Waals surface area contributed by atoms with E-state index in [-0.39, 0.29) is 0 Å². The molecule has 0 N–H and O–H groups in total. The van der Waals surface area contributed by atoms with E-state index in [0.717, 1.165) is 10.8 Å². The third-order valence-electron chi connectivity index (χ3n) is 1.35. The van der Waals surface area contributed by atoms with Crippen molar-refractivity contribution in [3.63, 3.8) is 0 Å². The average Bonchev–Trinajstić information content (AvgIpc) is 2.04. The molecular weight excluding hydrogens is 208 g/mol.